The molecule has 60 valence electrons. The van der Waals surface area contributed by atoms with Crippen molar-refractivity contribution in [2.75, 3.05) is 0 Å². The SMILES string of the molecule is CCC[C@H]1CCCC[C@H]1C. The average Bonchev–Trinajstić information content (AvgIpc) is 1.94. The van der Waals surface area contributed by atoms with Crippen LogP contribution in [0.4, 0.5) is 0 Å². The Morgan fingerprint density at radius 3 is 2.50 bits per heavy atom. The first-order valence-electron chi connectivity index (χ1n) is 4.84. The number of rotatable bonds is 2. The fourth-order valence-corrected chi connectivity index (χ4v) is 2.19. The normalized spacial score (nSPS) is 34.2. The lowest BCUT2D eigenvalue weighted by atomic mass is 9.78. The topological polar surface area (TPSA) is 0 Å². The van der Waals surface area contributed by atoms with Crippen molar-refractivity contribution in [1.29, 1.82) is 0 Å². The molecule has 1 saturated carbocycles. The quantitative estimate of drug-likeness (QED) is 0.549. The minimum Gasteiger partial charge on any atom is -0.0654 e. The monoisotopic (exact) mass is 140 g/mol. The Labute approximate surface area is 65.0 Å². The Bertz CT molecular complexity index is 84.0. The zero-order valence-electron chi connectivity index (χ0n) is 7.40. The molecular formula is C10H20. The molecule has 0 spiro atoms. The fourth-order valence-electron chi connectivity index (χ4n) is 2.19. The van der Waals surface area contributed by atoms with Crippen LogP contribution in [0.25, 0.3) is 0 Å². The average molecular weight is 140 g/mol. The summed E-state index contributed by atoms with van der Waals surface area (Å²) in [5, 5.41) is 0. The maximum atomic E-state index is 2.43. The van der Waals surface area contributed by atoms with Gasteiger partial charge in [0.15, 0.2) is 0 Å². The van der Waals surface area contributed by atoms with Crippen LogP contribution in [0, 0.1) is 11.8 Å². The Balaban J connectivity index is 2.25. The van der Waals surface area contributed by atoms with E-state index in [2.05, 4.69) is 13.8 Å². The molecule has 1 rings (SSSR count). The third-order valence-electron chi connectivity index (χ3n) is 2.95. The first-order valence-corrected chi connectivity index (χ1v) is 4.84. The van der Waals surface area contributed by atoms with Gasteiger partial charge in [-0.3, -0.25) is 0 Å². The van der Waals surface area contributed by atoms with E-state index in [-0.39, 0.29) is 0 Å². The van der Waals surface area contributed by atoms with Crippen molar-refractivity contribution in [2.24, 2.45) is 11.8 Å². The highest BCUT2D eigenvalue weighted by Crippen LogP contribution is 2.32. The Kier molecular flexibility index (Phi) is 3.24. The highest BCUT2D eigenvalue weighted by atomic mass is 14.2. The van der Waals surface area contributed by atoms with E-state index in [9.17, 15) is 0 Å². The predicted octanol–water partition coefficient (Wildman–Crippen LogP) is 3.61. The van der Waals surface area contributed by atoms with Crippen molar-refractivity contribution in [1.82, 2.24) is 0 Å². The smallest absolute Gasteiger partial charge is 0.0389 e. The molecule has 0 aromatic heterocycles. The minimum absolute atomic E-state index is 1.02. The van der Waals surface area contributed by atoms with Crippen LogP contribution in [0.3, 0.4) is 0 Å². The molecule has 0 nitrogen and oxygen atoms in total. The fraction of sp³-hybridized carbons (Fsp3) is 1.00. The van der Waals surface area contributed by atoms with Crippen molar-refractivity contribution >= 4 is 0 Å². The van der Waals surface area contributed by atoms with E-state index in [1.165, 1.54) is 38.5 Å². The molecule has 1 aliphatic carbocycles. The van der Waals surface area contributed by atoms with Crippen LogP contribution in [0.2, 0.25) is 0 Å². The molecule has 2 atom stereocenters. The molecule has 0 saturated heterocycles. The lowest BCUT2D eigenvalue weighted by Gasteiger charge is -2.28. The van der Waals surface area contributed by atoms with E-state index in [1.807, 2.05) is 0 Å². The van der Waals surface area contributed by atoms with Gasteiger partial charge >= 0.3 is 0 Å². The van der Waals surface area contributed by atoms with Gasteiger partial charge in [0, 0.05) is 0 Å². The summed E-state index contributed by atoms with van der Waals surface area (Å²) in [5.74, 6) is 2.09. The second-order valence-corrected chi connectivity index (χ2v) is 3.81. The largest absolute Gasteiger partial charge is 0.0654 e. The van der Waals surface area contributed by atoms with E-state index < -0.39 is 0 Å². The van der Waals surface area contributed by atoms with Crippen molar-refractivity contribution in [2.45, 2.75) is 52.4 Å². The molecule has 1 aliphatic rings. The zero-order valence-corrected chi connectivity index (χ0v) is 7.40. The summed E-state index contributed by atoms with van der Waals surface area (Å²) in [6.07, 6.45) is 8.84. The highest BCUT2D eigenvalue weighted by molar-refractivity contribution is 4.71. The van der Waals surface area contributed by atoms with Gasteiger partial charge in [0.05, 0.1) is 0 Å². The second-order valence-electron chi connectivity index (χ2n) is 3.81. The van der Waals surface area contributed by atoms with E-state index in [0.29, 0.717) is 0 Å². The molecule has 0 N–H and O–H groups in total. The van der Waals surface area contributed by atoms with Gasteiger partial charge in [0.25, 0.3) is 0 Å². The van der Waals surface area contributed by atoms with Gasteiger partial charge < -0.3 is 0 Å². The third-order valence-corrected chi connectivity index (χ3v) is 2.95. The van der Waals surface area contributed by atoms with Gasteiger partial charge in [0.1, 0.15) is 0 Å². The van der Waals surface area contributed by atoms with Crippen LogP contribution >= 0.6 is 0 Å². The van der Waals surface area contributed by atoms with Gasteiger partial charge in [-0.15, -0.1) is 0 Å². The lowest BCUT2D eigenvalue weighted by molar-refractivity contribution is 0.240. The highest BCUT2D eigenvalue weighted by Gasteiger charge is 2.19. The van der Waals surface area contributed by atoms with Crippen LogP contribution in [-0.2, 0) is 0 Å². The molecule has 1 fully saturated rings. The number of hydrogen-bond acceptors (Lipinski definition) is 0. The molecule has 0 heteroatoms. The first kappa shape index (κ1) is 8.10. The Morgan fingerprint density at radius 1 is 1.20 bits per heavy atom. The summed E-state index contributed by atoms with van der Waals surface area (Å²) in [6.45, 7) is 4.74. The van der Waals surface area contributed by atoms with Crippen LogP contribution < -0.4 is 0 Å². The van der Waals surface area contributed by atoms with E-state index >= 15 is 0 Å². The van der Waals surface area contributed by atoms with Gasteiger partial charge in [-0.25, -0.2) is 0 Å². The molecule has 10 heavy (non-hydrogen) atoms. The molecule has 0 radical (unpaired) electrons. The minimum atomic E-state index is 1.02. The first-order chi connectivity index (χ1) is 4.84. The molecule has 0 unspecified atom stereocenters. The summed E-state index contributed by atoms with van der Waals surface area (Å²) in [4.78, 5) is 0. The van der Waals surface area contributed by atoms with E-state index in [0.717, 1.165) is 11.8 Å². The van der Waals surface area contributed by atoms with Gasteiger partial charge in [-0.1, -0.05) is 52.4 Å². The van der Waals surface area contributed by atoms with Crippen LogP contribution in [0.15, 0.2) is 0 Å². The van der Waals surface area contributed by atoms with Crippen LogP contribution in [0.1, 0.15) is 52.4 Å². The summed E-state index contributed by atoms with van der Waals surface area (Å²) in [7, 11) is 0. The molecule has 0 aromatic carbocycles. The molecule has 0 bridgehead atoms. The lowest BCUT2D eigenvalue weighted by Crippen LogP contribution is -2.15. The number of hydrogen-bond donors (Lipinski definition) is 0. The second kappa shape index (κ2) is 4.00. The van der Waals surface area contributed by atoms with Crippen molar-refractivity contribution < 1.29 is 0 Å². The van der Waals surface area contributed by atoms with Gasteiger partial charge in [-0.05, 0) is 11.8 Å². The molecule has 0 amide bonds. The summed E-state index contributed by atoms with van der Waals surface area (Å²) in [6, 6.07) is 0. The van der Waals surface area contributed by atoms with Crippen molar-refractivity contribution in [3.05, 3.63) is 0 Å². The van der Waals surface area contributed by atoms with Crippen molar-refractivity contribution in [3.63, 3.8) is 0 Å². The summed E-state index contributed by atoms with van der Waals surface area (Å²) < 4.78 is 0. The predicted molar refractivity (Wildman–Crippen MR) is 46.0 cm³/mol. The summed E-state index contributed by atoms with van der Waals surface area (Å²) in [5.41, 5.74) is 0. The zero-order chi connectivity index (χ0) is 7.40. The molecule has 0 heterocycles. The maximum absolute atomic E-state index is 2.43. The Morgan fingerprint density at radius 2 is 1.90 bits per heavy atom. The van der Waals surface area contributed by atoms with Crippen LogP contribution in [0.5, 0.6) is 0 Å². The molecule has 0 aromatic rings. The molecule has 0 aliphatic heterocycles. The van der Waals surface area contributed by atoms with Gasteiger partial charge in [0.2, 0.25) is 0 Å². The third kappa shape index (κ3) is 2.00. The van der Waals surface area contributed by atoms with Crippen LogP contribution in [-0.4, -0.2) is 0 Å². The van der Waals surface area contributed by atoms with Crippen molar-refractivity contribution in [3.8, 4) is 0 Å². The molecular weight excluding hydrogens is 120 g/mol. The van der Waals surface area contributed by atoms with Gasteiger partial charge in [-0.2, -0.15) is 0 Å². The summed E-state index contributed by atoms with van der Waals surface area (Å²) >= 11 is 0. The van der Waals surface area contributed by atoms with E-state index in [4.69, 9.17) is 0 Å². The maximum Gasteiger partial charge on any atom is -0.0389 e. The standard InChI is InChI=1S/C10H20/c1-3-6-10-8-5-4-7-9(10)2/h9-10H,3-8H2,1-2H3/t9-,10+/m1/s1. The Hall–Kier alpha value is 0. The van der Waals surface area contributed by atoms with E-state index in [1.54, 1.807) is 0 Å².